The zero-order valence-electron chi connectivity index (χ0n) is 41.7. The zero-order chi connectivity index (χ0) is 46.3. The first-order valence-corrected chi connectivity index (χ1v) is 26.2. The van der Waals surface area contributed by atoms with Gasteiger partial charge < -0.3 is 28.6 Å². The zero-order valence-corrected chi connectivity index (χ0v) is 41.7. The molecule has 0 heterocycles. The molecule has 0 bridgehead atoms. The van der Waals surface area contributed by atoms with Crippen molar-refractivity contribution in [1.29, 1.82) is 0 Å². The lowest BCUT2D eigenvalue weighted by atomic mass is 10.1. The highest BCUT2D eigenvalue weighted by Gasteiger charge is 2.25. The first kappa shape index (κ1) is 60.3. The van der Waals surface area contributed by atoms with Gasteiger partial charge in [-0.15, -0.1) is 0 Å². The van der Waals surface area contributed by atoms with Crippen molar-refractivity contribution in [2.75, 3.05) is 41.0 Å². The minimum absolute atomic E-state index is 0.0348. The number of nitrogens with zero attached hydrogens (tertiary/aromatic N) is 1. The average molecular weight is 886 g/mol. The molecule has 0 fully saturated rings. The van der Waals surface area contributed by atoms with Crippen LogP contribution in [-0.4, -0.2) is 75.5 Å². The summed E-state index contributed by atoms with van der Waals surface area (Å²) in [6, 6.07) is -0.730. The number of quaternary nitrogens is 1. The Hall–Kier alpha value is -2.71. The second kappa shape index (κ2) is 45.8. The third-order valence-corrected chi connectivity index (χ3v) is 11.7. The van der Waals surface area contributed by atoms with Crippen molar-refractivity contribution in [2.24, 2.45) is 0 Å². The minimum Gasteiger partial charge on any atom is -0.544 e. The molecule has 0 aromatic carbocycles. The van der Waals surface area contributed by atoms with E-state index >= 15 is 0 Å². The van der Waals surface area contributed by atoms with Crippen molar-refractivity contribution in [2.45, 2.75) is 244 Å². The monoisotopic (exact) mass is 886 g/mol. The number of hydrogen-bond acceptors (Lipinski definition) is 7. The number of aliphatic carboxylic acids is 1. The molecule has 0 N–H and O–H groups in total. The summed E-state index contributed by atoms with van der Waals surface area (Å²) in [5.74, 6) is -1.75. The first-order chi connectivity index (χ1) is 30.6. The Kier molecular flexibility index (Phi) is 43.9. The standard InChI is InChI=1S/C55H99NO7/c1-6-8-10-12-14-16-18-20-22-24-25-26-27-28-30-31-33-35-37-39-41-43-45-53(57)62-50-51(49-61-48-47-52(55(59)60)56(3,4)5)63-54(58)46-44-42-40-38-36-34-32-29-23-21-19-17-15-13-11-9-7-2/h15,17,21,23-25,27-28,51-52H,6-14,16,18-20,22,26,29-50H2,1-5H3/b17-15+,23-21+,25-24+,28-27+. The van der Waals surface area contributed by atoms with Gasteiger partial charge in [0.25, 0.3) is 0 Å². The molecule has 0 aromatic rings. The Morgan fingerprint density at radius 2 is 0.841 bits per heavy atom. The van der Waals surface area contributed by atoms with Crippen molar-refractivity contribution >= 4 is 17.9 Å². The molecular weight excluding hydrogens is 787 g/mol. The number of carboxylic acid groups (broad SMARTS) is 1. The van der Waals surface area contributed by atoms with Gasteiger partial charge in [-0.3, -0.25) is 9.59 Å². The molecule has 0 rings (SSSR count). The molecule has 0 amide bonds. The predicted molar refractivity (Wildman–Crippen MR) is 263 cm³/mol. The van der Waals surface area contributed by atoms with Gasteiger partial charge >= 0.3 is 11.9 Å². The van der Waals surface area contributed by atoms with Crippen LogP contribution in [0.1, 0.15) is 232 Å². The van der Waals surface area contributed by atoms with Crippen molar-refractivity contribution in [3.63, 3.8) is 0 Å². The quantitative estimate of drug-likeness (QED) is 0.0259. The summed E-state index contributed by atoms with van der Waals surface area (Å²) in [5.41, 5.74) is 0. The van der Waals surface area contributed by atoms with Crippen molar-refractivity contribution in [3.05, 3.63) is 48.6 Å². The third-order valence-electron chi connectivity index (χ3n) is 11.7. The van der Waals surface area contributed by atoms with Crippen LogP contribution in [0.15, 0.2) is 48.6 Å². The number of rotatable bonds is 47. The van der Waals surface area contributed by atoms with Crippen LogP contribution in [0, 0.1) is 0 Å². The fourth-order valence-corrected chi connectivity index (χ4v) is 7.60. The van der Waals surface area contributed by atoms with E-state index in [4.69, 9.17) is 14.2 Å². The van der Waals surface area contributed by atoms with Crippen molar-refractivity contribution in [3.8, 4) is 0 Å². The lowest BCUT2D eigenvalue weighted by Gasteiger charge is -2.34. The van der Waals surface area contributed by atoms with Gasteiger partial charge in [-0.05, 0) is 77.0 Å². The number of carbonyl (C=O) groups excluding carboxylic acids is 3. The Bertz CT molecular complexity index is 1170. The predicted octanol–water partition coefficient (Wildman–Crippen LogP) is 13.8. The maximum Gasteiger partial charge on any atom is 0.306 e. The fourth-order valence-electron chi connectivity index (χ4n) is 7.60. The summed E-state index contributed by atoms with van der Waals surface area (Å²) in [4.78, 5) is 37.0. The molecule has 0 aliphatic rings. The number of esters is 2. The second-order valence-electron chi connectivity index (χ2n) is 18.8. The number of unbranched alkanes of at least 4 members (excludes halogenated alkanes) is 25. The maximum atomic E-state index is 12.8. The molecule has 0 aliphatic heterocycles. The average Bonchev–Trinajstić information content (AvgIpc) is 3.24. The van der Waals surface area contributed by atoms with Gasteiger partial charge in [0.15, 0.2) is 6.10 Å². The van der Waals surface area contributed by atoms with Gasteiger partial charge in [0, 0.05) is 19.3 Å². The van der Waals surface area contributed by atoms with Crippen LogP contribution in [0.25, 0.3) is 0 Å². The first-order valence-electron chi connectivity index (χ1n) is 26.2. The molecule has 2 atom stereocenters. The molecule has 0 aliphatic carbocycles. The van der Waals surface area contributed by atoms with Gasteiger partial charge in [0.05, 0.1) is 40.3 Å². The molecule has 0 saturated heterocycles. The van der Waals surface area contributed by atoms with Crippen LogP contribution >= 0.6 is 0 Å². The van der Waals surface area contributed by atoms with Gasteiger partial charge in [-0.2, -0.15) is 0 Å². The molecule has 366 valence electrons. The Morgan fingerprint density at radius 1 is 0.476 bits per heavy atom. The van der Waals surface area contributed by atoms with Crippen LogP contribution < -0.4 is 5.11 Å². The Morgan fingerprint density at radius 3 is 1.25 bits per heavy atom. The molecule has 63 heavy (non-hydrogen) atoms. The Labute approximate surface area is 388 Å². The van der Waals surface area contributed by atoms with Crippen LogP contribution in [0.5, 0.6) is 0 Å². The van der Waals surface area contributed by atoms with Gasteiger partial charge in [0.2, 0.25) is 0 Å². The number of likely N-dealkylation sites (N-methyl/N-ethyl adjacent to an activating group) is 1. The van der Waals surface area contributed by atoms with Crippen LogP contribution in [0.2, 0.25) is 0 Å². The smallest absolute Gasteiger partial charge is 0.306 e. The summed E-state index contributed by atoms with van der Waals surface area (Å²) in [6.45, 7) is 4.64. The highest BCUT2D eigenvalue weighted by molar-refractivity contribution is 5.70. The molecule has 0 spiro atoms. The van der Waals surface area contributed by atoms with E-state index in [1.807, 2.05) is 0 Å². The second-order valence-corrected chi connectivity index (χ2v) is 18.8. The normalized spacial score (nSPS) is 13.2. The van der Waals surface area contributed by atoms with Gasteiger partial charge in [-0.25, -0.2) is 0 Å². The summed E-state index contributed by atoms with van der Waals surface area (Å²) in [6.07, 6.45) is 55.7. The number of ether oxygens (including phenoxy) is 3. The summed E-state index contributed by atoms with van der Waals surface area (Å²) < 4.78 is 17.2. The van der Waals surface area contributed by atoms with E-state index in [9.17, 15) is 19.5 Å². The molecule has 0 radical (unpaired) electrons. The van der Waals surface area contributed by atoms with Crippen LogP contribution in [0.4, 0.5) is 0 Å². The van der Waals surface area contributed by atoms with Crippen molar-refractivity contribution in [1.82, 2.24) is 0 Å². The minimum atomic E-state index is -1.13. The van der Waals surface area contributed by atoms with E-state index in [-0.39, 0.29) is 42.7 Å². The number of allylic oxidation sites excluding steroid dienone is 8. The summed E-state index contributed by atoms with van der Waals surface area (Å²) >= 11 is 0. The highest BCUT2D eigenvalue weighted by Crippen LogP contribution is 2.15. The number of carboxylic acids is 1. The summed E-state index contributed by atoms with van der Waals surface area (Å²) in [5, 5.41) is 11.7. The highest BCUT2D eigenvalue weighted by atomic mass is 16.6. The number of hydrogen-bond donors (Lipinski definition) is 0. The van der Waals surface area contributed by atoms with Gasteiger partial charge in [0.1, 0.15) is 12.6 Å². The van der Waals surface area contributed by atoms with E-state index in [0.717, 1.165) is 64.2 Å². The molecule has 0 saturated carbocycles. The molecule has 0 aromatic heterocycles. The topological polar surface area (TPSA) is 102 Å². The third kappa shape index (κ3) is 44.3. The molecular formula is C55H99NO7. The fraction of sp³-hybridized carbons (Fsp3) is 0.800. The van der Waals surface area contributed by atoms with E-state index in [2.05, 4.69) is 62.5 Å². The van der Waals surface area contributed by atoms with Crippen LogP contribution in [0.3, 0.4) is 0 Å². The molecule has 8 heteroatoms. The SMILES string of the molecule is CCCCC/C=C/C/C=C/CCCCCCCCCC(=O)OC(COCCC(C(=O)[O-])[N+](C)(C)C)COC(=O)CCCCCCCCC/C=C/C/C=C/CCCCCCCCCC. The van der Waals surface area contributed by atoms with E-state index in [1.165, 1.54) is 135 Å². The molecule has 2 unspecified atom stereocenters. The largest absolute Gasteiger partial charge is 0.544 e. The lowest BCUT2D eigenvalue weighted by molar-refractivity contribution is -0.889. The van der Waals surface area contributed by atoms with E-state index in [1.54, 1.807) is 21.1 Å². The van der Waals surface area contributed by atoms with E-state index < -0.39 is 18.1 Å². The molecule has 8 nitrogen and oxygen atoms in total. The van der Waals surface area contributed by atoms with Crippen LogP contribution in [-0.2, 0) is 28.6 Å². The maximum absolute atomic E-state index is 12.8. The number of carbonyl (C=O) groups is 3. The van der Waals surface area contributed by atoms with Gasteiger partial charge in [-0.1, -0.05) is 184 Å². The lowest BCUT2D eigenvalue weighted by Crippen LogP contribution is -2.55. The summed E-state index contributed by atoms with van der Waals surface area (Å²) in [7, 11) is 5.41. The van der Waals surface area contributed by atoms with E-state index in [0.29, 0.717) is 12.8 Å². The Balaban J connectivity index is 4.25. The van der Waals surface area contributed by atoms with Crippen molar-refractivity contribution < 1.29 is 38.2 Å².